The molecule has 0 saturated carbocycles. The molecular weight excluding hydrogens is 448 g/mol. The fourth-order valence-electron chi connectivity index (χ4n) is 3.15. The second kappa shape index (κ2) is 12.0. The molecule has 0 unspecified atom stereocenters. The van der Waals surface area contributed by atoms with E-state index in [4.69, 9.17) is 14.2 Å². The van der Waals surface area contributed by atoms with Crippen LogP contribution in [0.5, 0.6) is 11.5 Å². The molecular formula is C27H26N2O6. The van der Waals surface area contributed by atoms with Gasteiger partial charge in [-0.25, -0.2) is 4.79 Å². The maximum atomic E-state index is 13.1. The van der Waals surface area contributed by atoms with E-state index in [1.165, 1.54) is 7.11 Å². The third-order valence-electron chi connectivity index (χ3n) is 4.93. The van der Waals surface area contributed by atoms with Gasteiger partial charge in [0.1, 0.15) is 17.2 Å². The highest BCUT2D eigenvalue weighted by Gasteiger charge is 2.18. The van der Waals surface area contributed by atoms with E-state index in [2.05, 4.69) is 10.6 Å². The molecule has 0 aromatic heterocycles. The molecule has 3 rings (SSSR count). The molecule has 0 bridgehead atoms. The van der Waals surface area contributed by atoms with Crippen molar-refractivity contribution < 1.29 is 28.6 Å². The zero-order valence-corrected chi connectivity index (χ0v) is 19.7. The summed E-state index contributed by atoms with van der Waals surface area (Å²) in [6.45, 7) is 1.99. The van der Waals surface area contributed by atoms with Crippen LogP contribution in [-0.4, -0.2) is 38.6 Å². The van der Waals surface area contributed by atoms with Gasteiger partial charge in [0.15, 0.2) is 0 Å². The number of hydrogen-bond acceptors (Lipinski definition) is 6. The number of hydrogen-bond donors (Lipinski definition) is 2. The Morgan fingerprint density at radius 2 is 1.54 bits per heavy atom. The van der Waals surface area contributed by atoms with Gasteiger partial charge in [-0.15, -0.1) is 0 Å². The van der Waals surface area contributed by atoms with Crippen LogP contribution in [0.25, 0.3) is 6.08 Å². The third kappa shape index (κ3) is 6.70. The van der Waals surface area contributed by atoms with Crippen molar-refractivity contribution in [2.24, 2.45) is 0 Å². The van der Waals surface area contributed by atoms with Crippen molar-refractivity contribution in [3.8, 4) is 11.5 Å². The molecule has 0 saturated heterocycles. The second-order valence-electron chi connectivity index (χ2n) is 7.24. The van der Waals surface area contributed by atoms with Gasteiger partial charge in [0.2, 0.25) is 0 Å². The first kappa shape index (κ1) is 25.0. The van der Waals surface area contributed by atoms with Gasteiger partial charge in [-0.3, -0.25) is 9.59 Å². The molecule has 0 aliphatic heterocycles. The van der Waals surface area contributed by atoms with Crippen LogP contribution in [0.15, 0.2) is 78.5 Å². The van der Waals surface area contributed by atoms with Crippen molar-refractivity contribution in [2.75, 3.05) is 26.1 Å². The normalized spacial score (nSPS) is 10.8. The number of carbonyl (C=O) groups is 3. The Morgan fingerprint density at radius 3 is 2.17 bits per heavy atom. The van der Waals surface area contributed by atoms with Gasteiger partial charge in [-0.2, -0.15) is 0 Å². The number of esters is 1. The molecule has 0 aliphatic carbocycles. The summed E-state index contributed by atoms with van der Waals surface area (Å²) in [5, 5.41) is 5.41. The Balaban J connectivity index is 1.86. The molecule has 8 heteroatoms. The minimum Gasteiger partial charge on any atom is -0.497 e. The lowest BCUT2D eigenvalue weighted by molar-refractivity contribution is -0.113. The van der Waals surface area contributed by atoms with E-state index in [1.807, 2.05) is 0 Å². The topological polar surface area (TPSA) is 103 Å². The molecule has 3 aromatic carbocycles. The minimum absolute atomic E-state index is 0.0144. The van der Waals surface area contributed by atoms with E-state index in [9.17, 15) is 14.4 Å². The summed E-state index contributed by atoms with van der Waals surface area (Å²) in [5.74, 6) is -0.464. The molecule has 0 radical (unpaired) electrons. The second-order valence-corrected chi connectivity index (χ2v) is 7.24. The number of ether oxygens (including phenoxy) is 3. The molecule has 3 aromatic rings. The van der Waals surface area contributed by atoms with Gasteiger partial charge in [0.05, 0.1) is 32.0 Å². The highest BCUT2D eigenvalue weighted by molar-refractivity contribution is 6.11. The average molecular weight is 475 g/mol. The zero-order valence-electron chi connectivity index (χ0n) is 19.7. The van der Waals surface area contributed by atoms with Crippen molar-refractivity contribution in [1.29, 1.82) is 0 Å². The molecule has 35 heavy (non-hydrogen) atoms. The van der Waals surface area contributed by atoms with Crippen molar-refractivity contribution >= 4 is 29.5 Å². The lowest BCUT2D eigenvalue weighted by Crippen LogP contribution is -2.31. The number of amides is 2. The largest absolute Gasteiger partial charge is 0.497 e. The summed E-state index contributed by atoms with van der Waals surface area (Å²) in [4.78, 5) is 38.0. The van der Waals surface area contributed by atoms with Crippen LogP contribution in [0.2, 0.25) is 0 Å². The van der Waals surface area contributed by atoms with E-state index in [0.717, 1.165) is 0 Å². The van der Waals surface area contributed by atoms with Crippen molar-refractivity contribution in [1.82, 2.24) is 5.32 Å². The quantitative estimate of drug-likeness (QED) is 0.354. The first-order valence-corrected chi connectivity index (χ1v) is 10.8. The Bertz CT molecular complexity index is 1220. The minimum atomic E-state index is -0.548. The van der Waals surface area contributed by atoms with Crippen molar-refractivity contribution in [3.05, 3.63) is 95.2 Å². The maximum absolute atomic E-state index is 13.1. The molecule has 0 heterocycles. The Kier molecular flexibility index (Phi) is 8.61. The number of carbonyl (C=O) groups excluding carboxylic acids is 3. The van der Waals surface area contributed by atoms with E-state index in [-0.39, 0.29) is 17.9 Å². The summed E-state index contributed by atoms with van der Waals surface area (Å²) in [6.07, 6.45) is 1.55. The zero-order chi connectivity index (χ0) is 25.2. The molecule has 2 amide bonds. The van der Waals surface area contributed by atoms with Crippen molar-refractivity contribution in [3.63, 3.8) is 0 Å². The first-order valence-electron chi connectivity index (χ1n) is 10.8. The number of para-hydroxylation sites is 1. The van der Waals surface area contributed by atoms with Gasteiger partial charge < -0.3 is 24.8 Å². The number of nitrogens with one attached hydrogen (secondary N) is 2. The number of benzene rings is 3. The van der Waals surface area contributed by atoms with Gasteiger partial charge >= 0.3 is 5.97 Å². The summed E-state index contributed by atoms with van der Waals surface area (Å²) in [6, 6.07) is 20.0. The van der Waals surface area contributed by atoms with Crippen LogP contribution in [-0.2, 0) is 9.53 Å². The molecule has 0 spiro atoms. The average Bonchev–Trinajstić information content (AvgIpc) is 2.89. The lowest BCUT2D eigenvalue weighted by Gasteiger charge is -2.13. The highest BCUT2D eigenvalue weighted by Crippen LogP contribution is 2.19. The Morgan fingerprint density at radius 1 is 0.857 bits per heavy atom. The number of methoxy groups -OCH3 is 2. The molecule has 2 N–H and O–H groups in total. The van der Waals surface area contributed by atoms with Crippen LogP contribution in [0.4, 0.5) is 5.69 Å². The van der Waals surface area contributed by atoms with Gasteiger partial charge in [-0.1, -0.05) is 24.3 Å². The maximum Gasteiger partial charge on any atom is 0.338 e. The van der Waals surface area contributed by atoms with Crippen LogP contribution in [0.3, 0.4) is 0 Å². The molecule has 0 aliphatic rings. The van der Waals surface area contributed by atoms with Gasteiger partial charge in [0.25, 0.3) is 11.8 Å². The molecule has 180 valence electrons. The summed E-state index contributed by atoms with van der Waals surface area (Å²) < 4.78 is 15.4. The van der Waals surface area contributed by atoms with E-state index in [1.54, 1.807) is 92.9 Å². The van der Waals surface area contributed by atoms with Crippen LogP contribution in [0, 0.1) is 0 Å². The van der Waals surface area contributed by atoms with E-state index >= 15 is 0 Å². The predicted octanol–water partition coefficient (Wildman–Crippen LogP) is 4.29. The van der Waals surface area contributed by atoms with Gasteiger partial charge in [0, 0.05) is 5.69 Å². The number of rotatable bonds is 9. The summed E-state index contributed by atoms with van der Waals surface area (Å²) in [5.41, 5.74) is 1.77. The smallest absolute Gasteiger partial charge is 0.338 e. The van der Waals surface area contributed by atoms with Crippen LogP contribution >= 0.6 is 0 Å². The van der Waals surface area contributed by atoms with E-state index < -0.39 is 17.8 Å². The monoisotopic (exact) mass is 474 g/mol. The fraction of sp³-hybridized carbons (Fsp3) is 0.148. The van der Waals surface area contributed by atoms with E-state index in [0.29, 0.717) is 28.3 Å². The highest BCUT2D eigenvalue weighted by atomic mass is 16.5. The summed E-state index contributed by atoms with van der Waals surface area (Å²) in [7, 11) is 3.03. The summed E-state index contributed by atoms with van der Waals surface area (Å²) >= 11 is 0. The molecule has 8 nitrogen and oxygen atoms in total. The van der Waals surface area contributed by atoms with Crippen LogP contribution < -0.4 is 20.1 Å². The van der Waals surface area contributed by atoms with Gasteiger partial charge in [-0.05, 0) is 67.1 Å². The third-order valence-corrected chi connectivity index (χ3v) is 4.93. The standard InChI is InChI=1S/C27H26N2O6/c1-4-35-27(32)19-11-13-20(14-12-19)28-26(31)23(17-18-9-15-21(33-2)16-10-18)29-25(30)22-7-5-6-8-24(22)34-3/h5-17H,4H2,1-3H3,(H,28,31)(H,29,30)/b23-17-. The SMILES string of the molecule is CCOC(=O)c1ccc(NC(=O)/C(=C/c2ccc(OC)cc2)NC(=O)c2ccccc2OC)cc1. The Hall–Kier alpha value is -4.59. The van der Waals surface area contributed by atoms with Crippen molar-refractivity contribution in [2.45, 2.75) is 6.92 Å². The lowest BCUT2D eigenvalue weighted by atomic mass is 10.1. The Labute approximate surface area is 203 Å². The fourth-order valence-corrected chi connectivity index (χ4v) is 3.15. The molecule has 0 atom stereocenters. The van der Waals surface area contributed by atoms with Crippen LogP contribution in [0.1, 0.15) is 33.2 Å². The molecule has 0 fully saturated rings. The first-order chi connectivity index (χ1) is 16.9. The number of anilines is 1. The predicted molar refractivity (Wildman–Crippen MR) is 132 cm³/mol.